The van der Waals surface area contributed by atoms with Gasteiger partial charge in [-0.1, -0.05) is 36.4 Å². The van der Waals surface area contributed by atoms with Gasteiger partial charge in [-0.15, -0.1) is 0 Å². The molecule has 2 heterocycles. The van der Waals surface area contributed by atoms with E-state index in [2.05, 4.69) is 4.98 Å². The van der Waals surface area contributed by atoms with E-state index in [-0.39, 0.29) is 24.6 Å². The zero-order valence-electron chi connectivity index (χ0n) is 16.9. The first-order valence-corrected chi connectivity index (χ1v) is 10.4. The summed E-state index contributed by atoms with van der Waals surface area (Å²) >= 11 is 0. The van der Waals surface area contributed by atoms with E-state index in [1.54, 1.807) is 18.3 Å². The molecule has 31 heavy (non-hydrogen) atoms. The first kappa shape index (κ1) is 19.7. The van der Waals surface area contributed by atoms with Gasteiger partial charge in [-0.3, -0.25) is 0 Å². The SMILES string of the molecule is OCCc1cnc2c(O[C@@H]3c4ccc(F)cc4C[C@H]3OCc3ccccc3)cccn12. The van der Waals surface area contributed by atoms with Crippen molar-refractivity contribution in [3.8, 4) is 5.75 Å². The normalized spacial score (nSPS) is 17.7. The molecule has 0 fully saturated rings. The summed E-state index contributed by atoms with van der Waals surface area (Å²) in [6.07, 6.45) is 4.13. The smallest absolute Gasteiger partial charge is 0.179 e. The lowest BCUT2D eigenvalue weighted by atomic mass is 10.1. The number of fused-ring (bicyclic) bond motifs is 2. The van der Waals surface area contributed by atoms with Gasteiger partial charge in [-0.2, -0.15) is 0 Å². The summed E-state index contributed by atoms with van der Waals surface area (Å²) in [6.45, 7) is 0.506. The standard InChI is InChI=1S/C25H23FN2O3/c26-19-8-9-21-18(13-19)14-23(30-16-17-5-2-1-3-6-17)24(21)31-22-7-4-11-28-20(10-12-29)15-27-25(22)28/h1-9,11,13,15,23-24,29H,10,12,14,16H2/t23-,24-/m1/s1. The molecule has 0 amide bonds. The van der Waals surface area contributed by atoms with Gasteiger partial charge in [-0.25, -0.2) is 9.37 Å². The zero-order valence-corrected chi connectivity index (χ0v) is 16.9. The van der Waals surface area contributed by atoms with Crippen LogP contribution < -0.4 is 4.74 Å². The summed E-state index contributed by atoms with van der Waals surface area (Å²) in [4.78, 5) is 4.49. The number of hydrogen-bond donors (Lipinski definition) is 1. The molecule has 0 aliphatic heterocycles. The molecule has 4 aromatic rings. The van der Waals surface area contributed by atoms with Crippen molar-refractivity contribution in [1.82, 2.24) is 9.38 Å². The molecular weight excluding hydrogens is 395 g/mol. The number of aliphatic hydroxyl groups excluding tert-OH is 1. The first-order valence-electron chi connectivity index (χ1n) is 10.4. The second-order valence-electron chi connectivity index (χ2n) is 7.71. The van der Waals surface area contributed by atoms with Crippen molar-refractivity contribution in [1.29, 1.82) is 0 Å². The lowest BCUT2D eigenvalue weighted by Gasteiger charge is -2.23. The summed E-state index contributed by atoms with van der Waals surface area (Å²) in [5.41, 5.74) is 4.51. The molecule has 1 N–H and O–H groups in total. The third kappa shape index (κ3) is 3.92. The number of nitrogens with zero attached hydrogens (tertiary/aromatic N) is 2. The van der Waals surface area contributed by atoms with Crippen molar-refractivity contribution in [3.05, 3.63) is 101 Å². The van der Waals surface area contributed by atoms with Gasteiger partial charge in [0.05, 0.1) is 6.61 Å². The number of ether oxygens (including phenoxy) is 2. The summed E-state index contributed by atoms with van der Waals surface area (Å²) in [5.74, 6) is 0.368. The molecule has 1 aliphatic carbocycles. The number of aromatic nitrogens is 2. The van der Waals surface area contributed by atoms with Crippen LogP contribution in [0.5, 0.6) is 5.75 Å². The number of imidazole rings is 1. The largest absolute Gasteiger partial charge is 0.479 e. The number of pyridine rings is 1. The lowest BCUT2D eigenvalue weighted by molar-refractivity contribution is -0.0253. The topological polar surface area (TPSA) is 56.0 Å². The van der Waals surface area contributed by atoms with E-state index in [1.807, 2.05) is 53.1 Å². The van der Waals surface area contributed by atoms with Gasteiger partial charge in [0.15, 0.2) is 17.5 Å². The number of rotatable bonds is 7. The van der Waals surface area contributed by atoms with Gasteiger partial charge in [0.2, 0.25) is 0 Å². The van der Waals surface area contributed by atoms with Gasteiger partial charge in [0.25, 0.3) is 0 Å². The van der Waals surface area contributed by atoms with Crippen LogP contribution in [0.2, 0.25) is 0 Å². The van der Waals surface area contributed by atoms with E-state index in [0.29, 0.717) is 30.8 Å². The Kier molecular flexibility index (Phi) is 5.40. The Labute approximate surface area is 179 Å². The van der Waals surface area contributed by atoms with Gasteiger partial charge in [-0.05, 0) is 41.0 Å². The highest BCUT2D eigenvalue weighted by atomic mass is 19.1. The van der Waals surface area contributed by atoms with Gasteiger partial charge in [0, 0.05) is 37.5 Å². The molecular formula is C25H23FN2O3. The molecule has 2 aromatic heterocycles. The fourth-order valence-electron chi connectivity index (χ4n) is 4.18. The highest BCUT2D eigenvalue weighted by Crippen LogP contribution is 2.38. The molecule has 5 rings (SSSR count). The number of aliphatic hydroxyl groups is 1. The Morgan fingerprint density at radius 2 is 1.97 bits per heavy atom. The molecule has 2 aromatic carbocycles. The van der Waals surface area contributed by atoms with Gasteiger partial charge >= 0.3 is 0 Å². The molecule has 0 spiro atoms. The molecule has 158 valence electrons. The quantitative estimate of drug-likeness (QED) is 0.487. The van der Waals surface area contributed by atoms with Crippen LogP contribution in [-0.4, -0.2) is 27.2 Å². The molecule has 5 nitrogen and oxygen atoms in total. The molecule has 0 saturated heterocycles. The van der Waals surface area contributed by atoms with E-state index in [1.165, 1.54) is 6.07 Å². The fraction of sp³-hybridized carbons (Fsp3) is 0.240. The monoisotopic (exact) mass is 418 g/mol. The van der Waals surface area contributed by atoms with Crippen molar-refractivity contribution in [2.45, 2.75) is 31.7 Å². The summed E-state index contributed by atoms with van der Waals surface area (Å²) < 4.78 is 28.5. The lowest BCUT2D eigenvalue weighted by Crippen LogP contribution is -2.23. The van der Waals surface area contributed by atoms with Crippen molar-refractivity contribution in [2.24, 2.45) is 0 Å². The Morgan fingerprint density at radius 3 is 2.81 bits per heavy atom. The Morgan fingerprint density at radius 1 is 1.10 bits per heavy atom. The number of halogens is 1. The van der Waals surface area contributed by atoms with E-state index >= 15 is 0 Å². The zero-order chi connectivity index (χ0) is 21.2. The fourth-order valence-corrected chi connectivity index (χ4v) is 4.18. The van der Waals surface area contributed by atoms with Crippen molar-refractivity contribution >= 4 is 5.65 Å². The maximum Gasteiger partial charge on any atom is 0.179 e. The van der Waals surface area contributed by atoms with Crippen molar-refractivity contribution in [3.63, 3.8) is 0 Å². The Hall–Kier alpha value is -3.22. The van der Waals surface area contributed by atoms with Crippen molar-refractivity contribution < 1.29 is 19.0 Å². The number of hydrogen-bond acceptors (Lipinski definition) is 4. The average Bonchev–Trinajstić information content (AvgIpc) is 3.35. The maximum absolute atomic E-state index is 13.9. The molecule has 0 radical (unpaired) electrons. The highest BCUT2D eigenvalue weighted by Gasteiger charge is 2.36. The minimum atomic E-state index is -0.372. The predicted octanol–water partition coefficient (Wildman–Crippen LogP) is 4.27. The van der Waals surface area contributed by atoms with E-state index in [0.717, 1.165) is 22.4 Å². The minimum Gasteiger partial charge on any atom is -0.479 e. The van der Waals surface area contributed by atoms with Crippen LogP contribution in [-0.2, 0) is 24.2 Å². The van der Waals surface area contributed by atoms with Crippen LogP contribution in [0.3, 0.4) is 0 Å². The van der Waals surface area contributed by atoms with Gasteiger partial charge in [0.1, 0.15) is 11.9 Å². The molecule has 1 aliphatic rings. The third-order valence-corrected chi connectivity index (χ3v) is 5.68. The van der Waals surface area contributed by atoms with Crippen LogP contribution >= 0.6 is 0 Å². The molecule has 0 unspecified atom stereocenters. The van der Waals surface area contributed by atoms with Gasteiger partial charge < -0.3 is 19.0 Å². The Balaban J connectivity index is 1.45. The van der Waals surface area contributed by atoms with E-state index in [9.17, 15) is 9.50 Å². The van der Waals surface area contributed by atoms with Crippen LogP contribution in [0, 0.1) is 5.82 Å². The first-order chi connectivity index (χ1) is 15.2. The van der Waals surface area contributed by atoms with Crippen molar-refractivity contribution in [2.75, 3.05) is 6.61 Å². The van der Waals surface area contributed by atoms with Crippen LogP contribution in [0.4, 0.5) is 4.39 Å². The van der Waals surface area contributed by atoms with Crippen LogP contribution in [0.25, 0.3) is 5.65 Å². The highest BCUT2D eigenvalue weighted by molar-refractivity contribution is 5.55. The third-order valence-electron chi connectivity index (χ3n) is 5.68. The molecule has 2 atom stereocenters. The second-order valence-corrected chi connectivity index (χ2v) is 7.71. The molecule has 6 heteroatoms. The number of benzene rings is 2. The molecule has 0 saturated carbocycles. The maximum atomic E-state index is 13.9. The molecule has 0 bridgehead atoms. The average molecular weight is 418 g/mol. The minimum absolute atomic E-state index is 0.0514. The second kappa shape index (κ2) is 8.49. The Bertz CT molecular complexity index is 1190. The summed E-state index contributed by atoms with van der Waals surface area (Å²) in [7, 11) is 0. The van der Waals surface area contributed by atoms with E-state index < -0.39 is 0 Å². The van der Waals surface area contributed by atoms with Crippen LogP contribution in [0.15, 0.2) is 73.1 Å². The predicted molar refractivity (Wildman–Crippen MR) is 114 cm³/mol. The summed E-state index contributed by atoms with van der Waals surface area (Å²) in [6, 6.07) is 18.5. The van der Waals surface area contributed by atoms with Crippen LogP contribution in [0.1, 0.15) is 28.5 Å². The summed E-state index contributed by atoms with van der Waals surface area (Å²) in [5, 5.41) is 9.30. The van der Waals surface area contributed by atoms with E-state index in [4.69, 9.17) is 9.47 Å².